The maximum Gasteiger partial charge on any atom is 0.126 e. The molecule has 0 bridgehead atoms. The van der Waals surface area contributed by atoms with Crippen LogP contribution < -0.4 is 4.74 Å². The van der Waals surface area contributed by atoms with Crippen LogP contribution in [-0.4, -0.2) is 42.9 Å². The van der Waals surface area contributed by atoms with E-state index in [9.17, 15) is 9.50 Å². The van der Waals surface area contributed by atoms with Crippen LogP contribution in [0.1, 0.15) is 12.8 Å². The van der Waals surface area contributed by atoms with Crippen molar-refractivity contribution in [2.45, 2.75) is 18.9 Å². The summed E-state index contributed by atoms with van der Waals surface area (Å²) >= 11 is 0. The molecule has 0 amide bonds. The van der Waals surface area contributed by atoms with E-state index in [1.807, 2.05) is 0 Å². The average molecular weight is 253 g/mol. The van der Waals surface area contributed by atoms with Crippen molar-refractivity contribution in [3.05, 3.63) is 30.1 Å². The molecule has 1 aromatic carbocycles. The number of aliphatic hydroxyl groups is 1. The molecule has 1 N–H and O–H groups in total. The van der Waals surface area contributed by atoms with E-state index in [0.29, 0.717) is 5.75 Å². The van der Waals surface area contributed by atoms with Crippen LogP contribution in [0.4, 0.5) is 4.39 Å². The van der Waals surface area contributed by atoms with Gasteiger partial charge in [0.25, 0.3) is 0 Å². The second-order valence-electron chi connectivity index (χ2n) is 4.98. The van der Waals surface area contributed by atoms with Crippen LogP contribution >= 0.6 is 0 Å². The Morgan fingerprint density at radius 2 is 2.17 bits per heavy atom. The van der Waals surface area contributed by atoms with Gasteiger partial charge in [-0.3, -0.25) is 0 Å². The van der Waals surface area contributed by atoms with E-state index in [1.54, 1.807) is 12.1 Å². The summed E-state index contributed by atoms with van der Waals surface area (Å²) in [4.78, 5) is 2.26. The van der Waals surface area contributed by atoms with Crippen molar-refractivity contribution in [1.82, 2.24) is 4.90 Å². The third-order valence-electron chi connectivity index (χ3n) is 3.52. The van der Waals surface area contributed by atoms with Crippen LogP contribution in [0, 0.1) is 11.7 Å². The highest BCUT2D eigenvalue weighted by Gasteiger charge is 2.24. The number of rotatable bonds is 4. The molecule has 18 heavy (non-hydrogen) atoms. The summed E-state index contributed by atoms with van der Waals surface area (Å²) in [5.74, 6) is 0.443. The first-order valence-electron chi connectivity index (χ1n) is 6.40. The Morgan fingerprint density at radius 3 is 2.83 bits per heavy atom. The van der Waals surface area contributed by atoms with Crippen LogP contribution in [-0.2, 0) is 0 Å². The number of piperidine rings is 1. The molecule has 1 heterocycles. The molecule has 1 unspecified atom stereocenters. The maximum atomic E-state index is 12.9. The summed E-state index contributed by atoms with van der Waals surface area (Å²) < 4.78 is 18.4. The van der Waals surface area contributed by atoms with Crippen molar-refractivity contribution in [2.24, 2.45) is 5.92 Å². The minimum Gasteiger partial charge on any atom is -0.491 e. The van der Waals surface area contributed by atoms with Gasteiger partial charge in [0.1, 0.15) is 18.2 Å². The molecule has 1 saturated heterocycles. The predicted molar refractivity (Wildman–Crippen MR) is 68.1 cm³/mol. The van der Waals surface area contributed by atoms with Gasteiger partial charge in [0, 0.05) is 6.07 Å². The highest BCUT2D eigenvalue weighted by molar-refractivity contribution is 5.22. The Bertz CT molecular complexity index is 378. The lowest BCUT2D eigenvalue weighted by atomic mass is 9.92. The number of benzene rings is 1. The Kier molecular flexibility index (Phi) is 4.55. The standard InChI is InChI=1S/C14H20FNO2/c1-16-7-5-11(6-8-16)14(17)10-18-13-4-2-3-12(15)9-13/h2-4,9,11,14,17H,5-8,10H2,1H3. The van der Waals surface area contributed by atoms with Gasteiger partial charge in [0.15, 0.2) is 0 Å². The molecule has 1 fully saturated rings. The molecule has 100 valence electrons. The van der Waals surface area contributed by atoms with E-state index >= 15 is 0 Å². The minimum atomic E-state index is -0.470. The number of halogens is 1. The summed E-state index contributed by atoms with van der Waals surface area (Å²) in [6, 6.07) is 6.01. The van der Waals surface area contributed by atoms with E-state index in [2.05, 4.69) is 11.9 Å². The van der Waals surface area contributed by atoms with Gasteiger partial charge in [-0.1, -0.05) is 6.07 Å². The lowest BCUT2D eigenvalue weighted by Gasteiger charge is -2.31. The highest BCUT2D eigenvalue weighted by atomic mass is 19.1. The first-order valence-corrected chi connectivity index (χ1v) is 6.40. The zero-order valence-corrected chi connectivity index (χ0v) is 10.7. The SMILES string of the molecule is CN1CCC(C(O)COc2cccc(F)c2)CC1. The summed E-state index contributed by atoms with van der Waals surface area (Å²) in [5, 5.41) is 10.1. The Labute approximate surface area is 107 Å². The van der Waals surface area contributed by atoms with Crippen molar-refractivity contribution in [2.75, 3.05) is 26.7 Å². The Morgan fingerprint density at radius 1 is 1.44 bits per heavy atom. The fourth-order valence-corrected chi connectivity index (χ4v) is 2.29. The highest BCUT2D eigenvalue weighted by Crippen LogP contribution is 2.21. The van der Waals surface area contributed by atoms with Crippen molar-refractivity contribution < 1.29 is 14.2 Å². The van der Waals surface area contributed by atoms with E-state index in [1.165, 1.54) is 12.1 Å². The summed E-state index contributed by atoms with van der Waals surface area (Å²) in [5.41, 5.74) is 0. The zero-order chi connectivity index (χ0) is 13.0. The second kappa shape index (κ2) is 6.16. The molecule has 0 spiro atoms. The third-order valence-corrected chi connectivity index (χ3v) is 3.52. The fourth-order valence-electron chi connectivity index (χ4n) is 2.29. The van der Waals surface area contributed by atoms with Gasteiger partial charge < -0.3 is 14.7 Å². The molecule has 1 atom stereocenters. The molecule has 1 aromatic rings. The zero-order valence-electron chi connectivity index (χ0n) is 10.7. The quantitative estimate of drug-likeness (QED) is 0.889. The van der Waals surface area contributed by atoms with Gasteiger partial charge in [0.2, 0.25) is 0 Å². The Balaban J connectivity index is 1.79. The normalized spacial score (nSPS) is 19.7. The lowest BCUT2D eigenvalue weighted by Crippen LogP contribution is -2.37. The van der Waals surface area contributed by atoms with Crippen molar-refractivity contribution >= 4 is 0 Å². The predicted octanol–water partition coefficient (Wildman–Crippen LogP) is 1.91. The molecule has 1 aliphatic rings. The van der Waals surface area contributed by atoms with E-state index < -0.39 is 6.10 Å². The summed E-state index contributed by atoms with van der Waals surface area (Å²) in [6.45, 7) is 2.27. The van der Waals surface area contributed by atoms with Gasteiger partial charge in [-0.25, -0.2) is 4.39 Å². The smallest absolute Gasteiger partial charge is 0.126 e. The number of hydrogen-bond acceptors (Lipinski definition) is 3. The van der Waals surface area contributed by atoms with Crippen LogP contribution in [0.5, 0.6) is 5.75 Å². The first kappa shape index (κ1) is 13.3. The number of aliphatic hydroxyl groups excluding tert-OH is 1. The summed E-state index contributed by atoms with van der Waals surface area (Å²) in [6.07, 6.45) is 1.51. The lowest BCUT2D eigenvalue weighted by molar-refractivity contribution is 0.0298. The van der Waals surface area contributed by atoms with Crippen molar-refractivity contribution in [3.8, 4) is 5.75 Å². The van der Waals surface area contributed by atoms with Crippen LogP contribution in [0.3, 0.4) is 0 Å². The van der Waals surface area contributed by atoms with Crippen LogP contribution in [0.2, 0.25) is 0 Å². The topological polar surface area (TPSA) is 32.7 Å². The van der Waals surface area contributed by atoms with Gasteiger partial charge in [-0.05, 0) is 51.0 Å². The van der Waals surface area contributed by atoms with Gasteiger partial charge in [-0.15, -0.1) is 0 Å². The second-order valence-corrected chi connectivity index (χ2v) is 4.98. The van der Waals surface area contributed by atoms with E-state index in [0.717, 1.165) is 25.9 Å². The van der Waals surface area contributed by atoms with Gasteiger partial charge in [-0.2, -0.15) is 0 Å². The largest absolute Gasteiger partial charge is 0.491 e. The third kappa shape index (κ3) is 3.68. The molecule has 4 heteroatoms. The van der Waals surface area contributed by atoms with Gasteiger partial charge >= 0.3 is 0 Å². The molecule has 0 aromatic heterocycles. The van der Waals surface area contributed by atoms with E-state index in [-0.39, 0.29) is 18.3 Å². The number of nitrogens with zero attached hydrogens (tertiary/aromatic N) is 1. The van der Waals surface area contributed by atoms with Crippen molar-refractivity contribution in [3.63, 3.8) is 0 Å². The number of ether oxygens (including phenoxy) is 1. The molecule has 0 saturated carbocycles. The molecule has 3 nitrogen and oxygen atoms in total. The molecule has 0 aliphatic carbocycles. The molecule has 1 aliphatic heterocycles. The monoisotopic (exact) mass is 253 g/mol. The first-order chi connectivity index (χ1) is 8.65. The average Bonchev–Trinajstić information content (AvgIpc) is 2.37. The maximum absolute atomic E-state index is 12.9. The Hall–Kier alpha value is -1.13. The van der Waals surface area contributed by atoms with Crippen LogP contribution in [0.25, 0.3) is 0 Å². The van der Waals surface area contributed by atoms with Crippen LogP contribution in [0.15, 0.2) is 24.3 Å². The minimum absolute atomic E-state index is 0.234. The summed E-state index contributed by atoms with van der Waals surface area (Å²) in [7, 11) is 2.09. The molecular weight excluding hydrogens is 233 g/mol. The van der Waals surface area contributed by atoms with E-state index in [4.69, 9.17) is 4.74 Å². The number of hydrogen-bond donors (Lipinski definition) is 1. The molecule has 2 rings (SSSR count). The number of likely N-dealkylation sites (tertiary alicyclic amines) is 1. The molecular formula is C14H20FNO2. The fraction of sp³-hybridized carbons (Fsp3) is 0.571. The van der Waals surface area contributed by atoms with Gasteiger partial charge in [0.05, 0.1) is 6.10 Å². The van der Waals surface area contributed by atoms with Crippen molar-refractivity contribution in [1.29, 1.82) is 0 Å². The molecule has 0 radical (unpaired) electrons.